The molecule has 0 fully saturated rings. The Morgan fingerprint density at radius 1 is 1.18 bits per heavy atom. The molecule has 1 heteroatoms. The third kappa shape index (κ3) is 1.37. The first-order chi connectivity index (χ1) is 5.47. The molecule has 1 aliphatic heterocycles. The van der Waals surface area contributed by atoms with Crippen molar-refractivity contribution in [2.45, 2.75) is 6.42 Å². The van der Waals surface area contributed by atoms with Crippen molar-refractivity contribution in [3.63, 3.8) is 0 Å². The first kappa shape index (κ1) is 6.71. The van der Waals surface area contributed by atoms with Gasteiger partial charge in [0, 0.05) is 5.92 Å². The van der Waals surface area contributed by atoms with Gasteiger partial charge < -0.3 is 5.32 Å². The smallest absolute Gasteiger partial charge is 0.0882 e. The fraction of sp³-hybridized carbons (Fsp3) is 0.300. The van der Waals surface area contributed by atoms with E-state index in [2.05, 4.69) is 42.2 Å². The van der Waals surface area contributed by atoms with E-state index in [-0.39, 0.29) is 0 Å². The molecule has 11 heavy (non-hydrogen) atoms. The van der Waals surface area contributed by atoms with Gasteiger partial charge in [0.2, 0.25) is 0 Å². The van der Waals surface area contributed by atoms with Gasteiger partial charge in [-0.05, 0) is 18.5 Å². The third-order valence-corrected chi connectivity index (χ3v) is 2.14. The average Bonchev–Trinajstić information content (AvgIpc) is 2.28. The summed E-state index contributed by atoms with van der Waals surface area (Å²) < 4.78 is 0. The molecular formula is C10H11N. The zero-order valence-corrected chi connectivity index (χ0v) is 6.33. The van der Waals surface area contributed by atoms with Crippen molar-refractivity contribution in [1.82, 2.24) is 5.32 Å². The van der Waals surface area contributed by atoms with Crippen LogP contribution in [-0.4, -0.2) is 0 Å². The molecule has 1 N–H and O–H groups in total. The second-order valence-electron chi connectivity index (χ2n) is 2.90. The molecule has 1 heterocycles. The van der Waals surface area contributed by atoms with E-state index in [9.17, 15) is 0 Å². The molecule has 1 aliphatic carbocycles. The van der Waals surface area contributed by atoms with E-state index in [1.807, 2.05) is 6.20 Å². The monoisotopic (exact) mass is 145 g/mol. The SMILES string of the molecule is [C]1CC2C=CC=CC2C=CN1. The van der Waals surface area contributed by atoms with Crippen molar-refractivity contribution in [1.29, 1.82) is 0 Å². The molecule has 0 saturated heterocycles. The molecule has 56 valence electrons. The highest BCUT2D eigenvalue weighted by Gasteiger charge is 2.17. The standard InChI is InChI=1S/C10H11N/c1-2-4-10-6-8-11-7-5-9(10)3-1/h1-5,7,9-11H,6H2. The molecule has 0 saturated carbocycles. The number of nitrogens with one attached hydrogen (secondary N) is 1. The highest BCUT2D eigenvalue weighted by Crippen LogP contribution is 2.25. The van der Waals surface area contributed by atoms with E-state index in [1.165, 1.54) is 0 Å². The topological polar surface area (TPSA) is 12.0 Å². The van der Waals surface area contributed by atoms with Crippen LogP contribution in [0.2, 0.25) is 0 Å². The van der Waals surface area contributed by atoms with Gasteiger partial charge in [-0.15, -0.1) is 0 Å². The lowest BCUT2D eigenvalue weighted by atomic mass is 9.87. The molecule has 1 nitrogen and oxygen atoms in total. The van der Waals surface area contributed by atoms with Crippen molar-refractivity contribution in [3.05, 3.63) is 43.1 Å². The summed E-state index contributed by atoms with van der Waals surface area (Å²) in [6, 6.07) is 0. The van der Waals surface area contributed by atoms with Gasteiger partial charge in [-0.3, -0.25) is 0 Å². The predicted molar refractivity (Wildman–Crippen MR) is 45.4 cm³/mol. The first-order valence-electron chi connectivity index (χ1n) is 3.97. The quantitative estimate of drug-likeness (QED) is 0.549. The zero-order valence-electron chi connectivity index (χ0n) is 6.33. The van der Waals surface area contributed by atoms with E-state index in [1.54, 1.807) is 0 Å². The maximum Gasteiger partial charge on any atom is 0.0882 e. The second kappa shape index (κ2) is 2.95. The third-order valence-electron chi connectivity index (χ3n) is 2.14. The summed E-state index contributed by atoms with van der Waals surface area (Å²) in [6.07, 6.45) is 13.8. The molecule has 0 bridgehead atoms. The minimum atomic E-state index is 0.572. The van der Waals surface area contributed by atoms with Crippen LogP contribution in [0.1, 0.15) is 6.42 Å². The Bertz CT molecular complexity index is 213. The van der Waals surface area contributed by atoms with Crippen molar-refractivity contribution in [2.24, 2.45) is 11.8 Å². The fourth-order valence-corrected chi connectivity index (χ4v) is 1.48. The van der Waals surface area contributed by atoms with Crippen LogP contribution in [0.5, 0.6) is 0 Å². The summed E-state index contributed by atoms with van der Waals surface area (Å²) in [5.41, 5.74) is 0. The Kier molecular flexibility index (Phi) is 1.80. The molecule has 2 aliphatic rings. The van der Waals surface area contributed by atoms with Crippen LogP contribution < -0.4 is 5.32 Å². The fourth-order valence-electron chi connectivity index (χ4n) is 1.48. The molecule has 0 spiro atoms. The van der Waals surface area contributed by atoms with Crippen LogP contribution in [0.4, 0.5) is 0 Å². The zero-order chi connectivity index (χ0) is 7.52. The number of rotatable bonds is 0. The minimum absolute atomic E-state index is 0.572. The van der Waals surface area contributed by atoms with E-state index in [0.717, 1.165) is 6.42 Å². The van der Waals surface area contributed by atoms with Gasteiger partial charge in [0.05, 0.1) is 6.54 Å². The summed E-state index contributed by atoms with van der Waals surface area (Å²) in [5, 5.41) is 3.01. The lowest BCUT2D eigenvalue weighted by Crippen LogP contribution is -2.09. The molecule has 0 aromatic heterocycles. The number of hydrogen-bond acceptors (Lipinski definition) is 1. The lowest BCUT2D eigenvalue weighted by molar-refractivity contribution is 0.545. The van der Waals surface area contributed by atoms with Crippen molar-refractivity contribution < 1.29 is 0 Å². The Labute approximate surface area is 67.5 Å². The number of fused-ring (bicyclic) bond motifs is 1. The Balaban J connectivity index is 2.16. The number of allylic oxidation sites excluding steroid dienone is 5. The van der Waals surface area contributed by atoms with Gasteiger partial charge in [-0.25, -0.2) is 0 Å². The van der Waals surface area contributed by atoms with Crippen LogP contribution in [0.3, 0.4) is 0 Å². The summed E-state index contributed by atoms with van der Waals surface area (Å²) >= 11 is 0. The summed E-state index contributed by atoms with van der Waals surface area (Å²) in [7, 11) is 0. The minimum Gasteiger partial charge on any atom is -0.381 e. The second-order valence-corrected chi connectivity index (χ2v) is 2.90. The van der Waals surface area contributed by atoms with Gasteiger partial charge in [-0.1, -0.05) is 30.4 Å². The van der Waals surface area contributed by atoms with Gasteiger partial charge in [-0.2, -0.15) is 0 Å². The summed E-state index contributed by atoms with van der Waals surface area (Å²) in [6.45, 7) is 3.12. The van der Waals surface area contributed by atoms with Crippen molar-refractivity contribution in [3.8, 4) is 0 Å². The molecule has 2 radical (unpaired) electrons. The Morgan fingerprint density at radius 3 is 3.09 bits per heavy atom. The van der Waals surface area contributed by atoms with E-state index in [0.29, 0.717) is 11.8 Å². The molecule has 2 unspecified atom stereocenters. The lowest BCUT2D eigenvalue weighted by Gasteiger charge is -2.17. The van der Waals surface area contributed by atoms with Gasteiger partial charge in [0.1, 0.15) is 0 Å². The molecule has 0 aromatic rings. The maximum absolute atomic E-state index is 3.12. The highest BCUT2D eigenvalue weighted by atomic mass is 14.8. The van der Waals surface area contributed by atoms with Crippen LogP contribution in [-0.2, 0) is 0 Å². The van der Waals surface area contributed by atoms with E-state index in [4.69, 9.17) is 0 Å². The summed E-state index contributed by atoms with van der Waals surface area (Å²) in [5.74, 6) is 1.19. The van der Waals surface area contributed by atoms with Gasteiger partial charge in [0.25, 0.3) is 0 Å². The molecule has 0 aromatic carbocycles. The molecule has 0 amide bonds. The van der Waals surface area contributed by atoms with E-state index < -0.39 is 0 Å². The van der Waals surface area contributed by atoms with Gasteiger partial charge in [0.15, 0.2) is 0 Å². The molecule has 2 rings (SSSR count). The normalized spacial score (nSPS) is 34.2. The van der Waals surface area contributed by atoms with Crippen molar-refractivity contribution in [2.75, 3.05) is 0 Å². The first-order valence-corrected chi connectivity index (χ1v) is 3.97. The van der Waals surface area contributed by atoms with Crippen LogP contribution >= 0.6 is 0 Å². The highest BCUT2D eigenvalue weighted by molar-refractivity contribution is 5.20. The Hall–Kier alpha value is -0.980. The maximum atomic E-state index is 3.12. The summed E-state index contributed by atoms with van der Waals surface area (Å²) in [4.78, 5) is 0. The van der Waals surface area contributed by atoms with E-state index >= 15 is 0 Å². The van der Waals surface area contributed by atoms with Crippen molar-refractivity contribution >= 4 is 0 Å². The van der Waals surface area contributed by atoms with Crippen LogP contribution in [0.25, 0.3) is 0 Å². The van der Waals surface area contributed by atoms with Gasteiger partial charge >= 0.3 is 0 Å². The number of hydrogen-bond donors (Lipinski definition) is 1. The average molecular weight is 145 g/mol. The molecular weight excluding hydrogens is 134 g/mol. The Morgan fingerprint density at radius 2 is 2.09 bits per heavy atom. The molecule has 2 atom stereocenters. The predicted octanol–water partition coefficient (Wildman–Crippen LogP) is 1.89. The largest absolute Gasteiger partial charge is 0.381 e. The van der Waals surface area contributed by atoms with Crippen LogP contribution in [0, 0.1) is 18.4 Å². The van der Waals surface area contributed by atoms with Crippen LogP contribution in [0.15, 0.2) is 36.6 Å².